The van der Waals surface area contributed by atoms with Gasteiger partial charge in [0, 0.05) is 30.5 Å². The Kier molecular flexibility index (Phi) is 6.87. The Morgan fingerprint density at radius 3 is 2.64 bits per heavy atom. The average molecular weight is 396 g/mol. The lowest BCUT2D eigenvalue weighted by atomic mass is 10.1. The molecule has 0 aliphatic heterocycles. The van der Waals surface area contributed by atoms with Crippen molar-refractivity contribution >= 4 is 23.2 Å². The van der Waals surface area contributed by atoms with Gasteiger partial charge in [0.15, 0.2) is 0 Å². The molecule has 0 unspecified atom stereocenters. The molecule has 0 saturated heterocycles. The second kappa shape index (κ2) is 9.76. The molecule has 1 aromatic heterocycles. The summed E-state index contributed by atoms with van der Waals surface area (Å²) in [6, 6.07) is 17.2. The summed E-state index contributed by atoms with van der Waals surface area (Å²) in [5.74, 6) is 0.671. The van der Waals surface area contributed by atoms with Gasteiger partial charge in [-0.3, -0.25) is 9.78 Å². The van der Waals surface area contributed by atoms with Crippen molar-refractivity contribution in [2.75, 3.05) is 19.0 Å². The van der Waals surface area contributed by atoms with Crippen LogP contribution in [0.15, 0.2) is 67.0 Å². The maximum Gasteiger partial charge on any atom is 0.252 e. The molecule has 2 N–H and O–H groups in total. The lowest BCUT2D eigenvalue weighted by Gasteiger charge is -2.09. The van der Waals surface area contributed by atoms with Crippen LogP contribution in [0.2, 0.25) is 5.02 Å². The van der Waals surface area contributed by atoms with E-state index in [0.29, 0.717) is 23.7 Å². The first kappa shape index (κ1) is 19.7. The van der Waals surface area contributed by atoms with Gasteiger partial charge in [-0.25, -0.2) is 0 Å². The SMILES string of the molecule is COc1ccc(CNc2cncc(C(=O)NCCc3cccc(Cl)c3)c2)cc1. The van der Waals surface area contributed by atoms with Crippen molar-refractivity contribution in [1.82, 2.24) is 10.3 Å². The van der Waals surface area contributed by atoms with Gasteiger partial charge in [0.1, 0.15) is 5.75 Å². The fourth-order valence-electron chi connectivity index (χ4n) is 2.72. The summed E-state index contributed by atoms with van der Waals surface area (Å²) in [5, 5.41) is 6.90. The fourth-order valence-corrected chi connectivity index (χ4v) is 2.94. The quantitative estimate of drug-likeness (QED) is 0.596. The number of nitrogens with zero attached hydrogens (tertiary/aromatic N) is 1. The molecule has 0 saturated carbocycles. The van der Waals surface area contributed by atoms with Gasteiger partial charge >= 0.3 is 0 Å². The normalized spacial score (nSPS) is 10.4. The highest BCUT2D eigenvalue weighted by Crippen LogP contribution is 2.14. The van der Waals surface area contributed by atoms with Crippen LogP contribution in [0.25, 0.3) is 0 Å². The fraction of sp³-hybridized carbons (Fsp3) is 0.182. The van der Waals surface area contributed by atoms with Crippen LogP contribution in [0.3, 0.4) is 0 Å². The number of rotatable bonds is 8. The Morgan fingerprint density at radius 2 is 1.89 bits per heavy atom. The largest absolute Gasteiger partial charge is 0.497 e. The Balaban J connectivity index is 1.52. The smallest absolute Gasteiger partial charge is 0.252 e. The summed E-state index contributed by atoms with van der Waals surface area (Å²) < 4.78 is 5.16. The first-order chi connectivity index (χ1) is 13.6. The topological polar surface area (TPSA) is 63.2 Å². The molecule has 1 amide bonds. The lowest BCUT2D eigenvalue weighted by molar-refractivity contribution is 0.0954. The van der Waals surface area contributed by atoms with E-state index in [9.17, 15) is 4.79 Å². The Morgan fingerprint density at radius 1 is 1.07 bits per heavy atom. The Labute approximate surface area is 169 Å². The predicted molar refractivity (Wildman–Crippen MR) is 112 cm³/mol. The van der Waals surface area contributed by atoms with E-state index < -0.39 is 0 Å². The molecule has 0 bridgehead atoms. The highest BCUT2D eigenvalue weighted by Gasteiger charge is 2.07. The molecular weight excluding hydrogens is 374 g/mol. The molecule has 6 heteroatoms. The molecule has 1 heterocycles. The number of benzene rings is 2. The van der Waals surface area contributed by atoms with Gasteiger partial charge in [-0.15, -0.1) is 0 Å². The van der Waals surface area contributed by atoms with Crippen LogP contribution in [-0.2, 0) is 13.0 Å². The van der Waals surface area contributed by atoms with E-state index in [1.807, 2.05) is 48.5 Å². The number of amides is 1. The number of carbonyl (C=O) groups is 1. The van der Waals surface area contributed by atoms with Crippen molar-refractivity contribution in [3.63, 3.8) is 0 Å². The number of carbonyl (C=O) groups excluding carboxylic acids is 1. The minimum Gasteiger partial charge on any atom is -0.497 e. The molecule has 0 spiro atoms. The van der Waals surface area contributed by atoms with Crippen LogP contribution in [0.5, 0.6) is 5.75 Å². The molecule has 5 nitrogen and oxygen atoms in total. The summed E-state index contributed by atoms with van der Waals surface area (Å²) in [5.41, 5.74) is 3.50. The van der Waals surface area contributed by atoms with Crippen LogP contribution in [-0.4, -0.2) is 24.5 Å². The minimum absolute atomic E-state index is 0.150. The molecule has 144 valence electrons. The van der Waals surface area contributed by atoms with Crippen LogP contribution in [0.4, 0.5) is 5.69 Å². The number of methoxy groups -OCH3 is 1. The number of halogens is 1. The van der Waals surface area contributed by atoms with E-state index in [-0.39, 0.29) is 5.91 Å². The van der Waals surface area contributed by atoms with Gasteiger partial charge in [0.2, 0.25) is 0 Å². The van der Waals surface area contributed by atoms with E-state index >= 15 is 0 Å². The van der Waals surface area contributed by atoms with Crippen LogP contribution in [0, 0.1) is 0 Å². The second-order valence-electron chi connectivity index (χ2n) is 6.30. The van der Waals surface area contributed by atoms with Crippen molar-refractivity contribution in [3.05, 3.63) is 88.7 Å². The van der Waals surface area contributed by atoms with E-state index in [0.717, 1.165) is 29.0 Å². The zero-order valence-corrected chi connectivity index (χ0v) is 16.4. The zero-order chi connectivity index (χ0) is 19.8. The molecule has 0 aliphatic rings. The first-order valence-electron chi connectivity index (χ1n) is 8.98. The maximum absolute atomic E-state index is 12.4. The lowest BCUT2D eigenvalue weighted by Crippen LogP contribution is -2.25. The van der Waals surface area contributed by atoms with E-state index in [4.69, 9.17) is 16.3 Å². The van der Waals surface area contributed by atoms with Crippen LogP contribution in [0.1, 0.15) is 21.5 Å². The summed E-state index contributed by atoms with van der Waals surface area (Å²) in [6.07, 6.45) is 3.98. The van der Waals surface area contributed by atoms with Gasteiger partial charge in [-0.05, 0) is 47.9 Å². The van der Waals surface area contributed by atoms with Gasteiger partial charge in [-0.2, -0.15) is 0 Å². The number of ether oxygens (including phenoxy) is 1. The molecule has 3 rings (SSSR count). The average Bonchev–Trinajstić information content (AvgIpc) is 2.73. The van der Waals surface area contributed by atoms with Crippen LogP contribution < -0.4 is 15.4 Å². The second-order valence-corrected chi connectivity index (χ2v) is 6.74. The van der Waals surface area contributed by atoms with Crippen LogP contribution >= 0.6 is 11.6 Å². The number of hydrogen-bond acceptors (Lipinski definition) is 4. The number of anilines is 1. The van der Waals surface area contributed by atoms with Crippen molar-refractivity contribution in [1.29, 1.82) is 0 Å². The number of pyridine rings is 1. The van der Waals surface area contributed by atoms with E-state index in [1.165, 1.54) is 0 Å². The van der Waals surface area contributed by atoms with Crippen molar-refractivity contribution in [2.24, 2.45) is 0 Å². The monoisotopic (exact) mass is 395 g/mol. The first-order valence-corrected chi connectivity index (χ1v) is 9.36. The maximum atomic E-state index is 12.4. The highest BCUT2D eigenvalue weighted by atomic mass is 35.5. The third-order valence-corrected chi connectivity index (χ3v) is 4.48. The zero-order valence-electron chi connectivity index (χ0n) is 15.6. The summed E-state index contributed by atoms with van der Waals surface area (Å²) in [7, 11) is 1.64. The molecule has 0 atom stereocenters. The van der Waals surface area contributed by atoms with Crippen molar-refractivity contribution in [2.45, 2.75) is 13.0 Å². The third kappa shape index (κ3) is 5.72. The Bertz CT molecular complexity index is 929. The molecule has 2 aromatic carbocycles. The molecular formula is C22H22ClN3O2. The number of hydrogen-bond donors (Lipinski definition) is 2. The van der Waals surface area contributed by atoms with E-state index in [1.54, 1.807) is 25.6 Å². The summed E-state index contributed by atoms with van der Waals surface area (Å²) in [4.78, 5) is 16.5. The van der Waals surface area contributed by atoms with Gasteiger partial charge in [-0.1, -0.05) is 35.9 Å². The molecule has 0 fully saturated rings. The summed E-state index contributed by atoms with van der Waals surface area (Å²) in [6.45, 7) is 1.16. The van der Waals surface area contributed by atoms with Gasteiger partial charge in [0.05, 0.1) is 18.4 Å². The Hall–Kier alpha value is -3.05. The third-order valence-electron chi connectivity index (χ3n) is 4.24. The van der Waals surface area contributed by atoms with E-state index in [2.05, 4.69) is 15.6 Å². The highest BCUT2D eigenvalue weighted by molar-refractivity contribution is 6.30. The summed E-state index contributed by atoms with van der Waals surface area (Å²) >= 11 is 5.98. The standard InChI is InChI=1S/C22H22ClN3O2/c1-28-21-7-5-17(6-8-21)13-26-20-12-18(14-24-15-20)22(27)25-10-9-16-3-2-4-19(23)11-16/h2-8,11-12,14-15,26H,9-10,13H2,1H3,(H,25,27). The molecule has 3 aromatic rings. The molecule has 0 radical (unpaired) electrons. The minimum atomic E-state index is -0.150. The molecule has 28 heavy (non-hydrogen) atoms. The number of aromatic nitrogens is 1. The number of nitrogens with one attached hydrogen (secondary N) is 2. The van der Waals surface area contributed by atoms with Gasteiger partial charge < -0.3 is 15.4 Å². The molecule has 0 aliphatic carbocycles. The van der Waals surface area contributed by atoms with Gasteiger partial charge in [0.25, 0.3) is 5.91 Å². The predicted octanol–water partition coefficient (Wildman–Crippen LogP) is 4.33. The van der Waals surface area contributed by atoms with Crippen molar-refractivity contribution < 1.29 is 9.53 Å². The van der Waals surface area contributed by atoms with Crippen molar-refractivity contribution in [3.8, 4) is 5.75 Å².